The summed E-state index contributed by atoms with van der Waals surface area (Å²) < 4.78 is 26.0. The molecule has 0 unspecified atom stereocenters. The summed E-state index contributed by atoms with van der Waals surface area (Å²) in [7, 11) is 0. The highest BCUT2D eigenvalue weighted by molar-refractivity contribution is 5.76. The third-order valence-corrected chi connectivity index (χ3v) is 4.66. The summed E-state index contributed by atoms with van der Waals surface area (Å²) in [6.07, 6.45) is 8.12. The maximum Gasteiger partial charge on any atom is 0.254 e. The van der Waals surface area contributed by atoms with Gasteiger partial charge in [0.2, 0.25) is 5.91 Å². The van der Waals surface area contributed by atoms with Crippen molar-refractivity contribution < 1.29 is 13.6 Å². The molecule has 1 heterocycles. The number of hydrogen-bond acceptors (Lipinski definition) is 3. The summed E-state index contributed by atoms with van der Waals surface area (Å²) in [5, 5.41) is 10.7. The third-order valence-electron chi connectivity index (χ3n) is 4.66. The maximum atomic E-state index is 13.0. The van der Waals surface area contributed by atoms with Crippen LogP contribution in [-0.2, 0) is 4.79 Å². The molecule has 6 heteroatoms. The Labute approximate surface area is 116 Å². The number of nitrogens with zero attached hydrogens (tertiary/aromatic N) is 2. The molecule has 3 aliphatic rings. The Morgan fingerprint density at radius 1 is 1.35 bits per heavy atom. The molecule has 0 aromatic heterocycles. The lowest BCUT2D eigenvalue weighted by Crippen LogP contribution is -2.47. The standard InChI is InChI=1S/C14H17F2N3O/c1-2-3-5-13(18-19-13)6-4-11(20)17-10-7-12(8-10)9-14(12,15)16/h1,10H,3-9H2,(H,17,20). The fourth-order valence-electron chi connectivity index (χ4n) is 3.09. The number of halogens is 2. The molecule has 1 N–H and O–H groups in total. The van der Waals surface area contributed by atoms with Gasteiger partial charge in [0.05, 0.1) is 0 Å². The van der Waals surface area contributed by atoms with Gasteiger partial charge in [-0.25, -0.2) is 8.78 Å². The number of amides is 1. The van der Waals surface area contributed by atoms with Gasteiger partial charge < -0.3 is 5.32 Å². The van der Waals surface area contributed by atoms with Crippen LogP contribution in [0.5, 0.6) is 0 Å². The highest BCUT2D eigenvalue weighted by Crippen LogP contribution is 2.70. The van der Waals surface area contributed by atoms with Gasteiger partial charge in [-0.1, -0.05) is 0 Å². The Morgan fingerprint density at radius 3 is 2.50 bits per heavy atom. The van der Waals surface area contributed by atoms with Gasteiger partial charge in [-0.05, 0) is 12.8 Å². The van der Waals surface area contributed by atoms with Gasteiger partial charge in [0.25, 0.3) is 5.92 Å². The van der Waals surface area contributed by atoms with E-state index in [0.29, 0.717) is 38.5 Å². The SMILES string of the molecule is C#CCCC1(CCC(=O)NC2CC3(C2)CC3(F)F)N=N1. The van der Waals surface area contributed by atoms with Crippen LogP contribution in [0, 0.1) is 17.8 Å². The van der Waals surface area contributed by atoms with Gasteiger partial charge in [-0.3, -0.25) is 4.79 Å². The summed E-state index contributed by atoms with van der Waals surface area (Å²) in [4.78, 5) is 11.8. The van der Waals surface area contributed by atoms with Crippen LogP contribution < -0.4 is 5.32 Å². The molecule has 0 aromatic carbocycles. The molecule has 3 rings (SSSR count). The number of alkyl halides is 2. The molecular weight excluding hydrogens is 264 g/mol. The Kier molecular flexibility index (Phi) is 2.86. The summed E-state index contributed by atoms with van der Waals surface area (Å²) in [5.41, 5.74) is -1.24. The van der Waals surface area contributed by atoms with Crippen molar-refractivity contribution in [2.24, 2.45) is 15.6 Å². The van der Waals surface area contributed by atoms with Gasteiger partial charge in [-0.15, -0.1) is 12.3 Å². The lowest BCUT2D eigenvalue weighted by atomic mass is 9.76. The molecular formula is C14H17F2N3O. The maximum absolute atomic E-state index is 13.0. The van der Waals surface area contributed by atoms with Crippen molar-refractivity contribution in [2.45, 2.75) is 62.6 Å². The number of terminal acetylenes is 1. The zero-order valence-corrected chi connectivity index (χ0v) is 11.2. The van der Waals surface area contributed by atoms with Crippen LogP contribution in [0.1, 0.15) is 44.9 Å². The summed E-state index contributed by atoms with van der Waals surface area (Å²) in [6.45, 7) is 0. The van der Waals surface area contributed by atoms with Crippen molar-refractivity contribution in [2.75, 3.05) is 0 Å². The number of rotatable bonds is 6. The highest BCUT2D eigenvalue weighted by atomic mass is 19.3. The van der Waals surface area contributed by atoms with Gasteiger partial charge >= 0.3 is 0 Å². The van der Waals surface area contributed by atoms with Gasteiger partial charge in [-0.2, -0.15) is 10.2 Å². The van der Waals surface area contributed by atoms with Crippen molar-refractivity contribution in [3.8, 4) is 12.3 Å². The molecule has 2 aliphatic carbocycles. The molecule has 0 saturated heterocycles. The summed E-state index contributed by atoms with van der Waals surface area (Å²) in [5.74, 6) is -0.0721. The molecule has 1 spiro atoms. The normalized spacial score (nSPS) is 34.1. The molecule has 2 fully saturated rings. The Hall–Kier alpha value is -1.51. The molecule has 0 radical (unpaired) electrons. The van der Waals surface area contributed by atoms with Gasteiger partial charge in [0, 0.05) is 43.6 Å². The van der Waals surface area contributed by atoms with E-state index in [9.17, 15) is 13.6 Å². The summed E-state index contributed by atoms with van der Waals surface area (Å²) >= 11 is 0. The monoisotopic (exact) mass is 281 g/mol. The Morgan fingerprint density at radius 2 is 2.00 bits per heavy atom. The zero-order chi connectivity index (χ0) is 14.4. The van der Waals surface area contributed by atoms with E-state index in [1.54, 1.807) is 0 Å². The van der Waals surface area contributed by atoms with E-state index in [1.165, 1.54) is 0 Å². The van der Waals surface area contributed by atoms with E-state index < -0.39 is 17.0 Å². The molecule has 4 nitrogen and oxygen atoms in total. The zero-order valence-electron chi connectivity index (χ0n) is 11.2. The second-order valence-electron chi connectivity index (χ2n) is 6.22. The minimum Gasteiger partial charge on any atom is -0.353 e. The fraction of sp³-hybridized carbons (Fsp3) is 0.786. The minimum absolute atomic E-state index is 0.0146. The predicted octanol–water partition coefficient (Wildman–Crippen LogP) is 2.65. The van der Waals surface area contributed by atoms with Crippen LogP contribution in [-0.4, -0.2) is 23.5 Å². The van der Waals surface area contributed by atoms with Crippen LogP contribution in [0.3, 0.4) is 0 Å². The second-order valence-corrected chi connectivity index (χ2v) is 6.22. The third kappa shape index (κ3) is 2.30. The first kappa shape index (κ1) is 13.5. The van der Waals surface area contributed by atoms with Crippen LogP contribution in [0.25, 0.3) is 0 Å². The van der Waals surface area contributed by atoms with Crippen LogP contribution in [0.15, 0.2) is 10.2 Å². The Balaban J connectivity index is 1.34. The lowest BCUT2D eigenvalue weighted by molar-refractivity contribution is -0.123. The predicted molar refractivity (Wildman–Crippen MR) is 68.0 cm³/mol. The van der Waals surface area contributed by atoms with E-state index in [2.05, 4.69) is 21.5 Å². The van der Waals surface area contributed by atoms with Crippen LogP contribution in [0.4, 0.5) is 8.78 Å². The number of carbonyl (C=O) groups is 1. The van der Waals surface area contributed by atoms with Crippen molar-refractivity contribution in [3.05, 3.63) is 0 Å². The van der Waals surface area contributed by atoms with Crippen molar-refractivity contribution >= 4 is 5.91 Å². The topological polar surface area (TPSA) is 53.8 Å². The molecule has 1 aliphatic heterocycles. The van der Waals surface area contributed by atoms with Crippen molar-refractivity contribution in [1.29, 1.82) is 0 Å². The molecule has 0 aromatic rings. The lowest BCUT2D eigenvalue weighted by Gasteiger charge is -2.36. The number of hydrogen-bond donors (Lipinski definition) is 1. The molecule has 108 valence electrons. The first-order valence-electron chi connectivity index (χ1n) is 6.95. The first-order chi connectivity index (χ1) is 9.40. The summed E-state index contributed by atoms with van der Waals surface area (Å²) in [6, 6.07) is -0.0920. The van der Waals surface area contributed by atoms with E-state index in [1.807, 2.05) is 0 Å². The van der Waals surface area contributed by atoms with Crippen molar-refractivity contribution in [1.82, 2.24) is 5.32 Å². The van der Waals surface area contributed by atoms with Gasteiger partial charge in [0.1, 0.15) is 0 Å². The smallest absolute Gasteiger partial charge is 0.254 e. The fourth-order valence-corrected chi connectivity index (χ4v) is 3.09. The molecule has 20 heavy (non-hydrogen) atoms. The molecule has 1 amide bonds. The average Bonchev–Trinajstić information content (AvgIpc) is 3.21. The molecule has 0 bridgehead atoms. The van der Waals surface area contributed by atoms with E-state index in [4.69, 9.17) is 6.42 Å². The van der Waals surface area contributed by atoms with E-state index >= 15 is 0 Å². The van der Waals surface area contributed by atoms with Gasteiger partial charge in [0.15, 0.2) is 5.66 Å². The highest BCUT2D eigenvalue weighted by Gasteiger charge is 2.75. The first-order valence-corrected chi connectivity index (χ1v) is 6.95. The largest absolute Gasteiger partial charge is 0.353 e. The van der Waals surface area contributed by atoms with Crippen LogP contribution in [0.2, 0.25) is 0 Å². The minimum atomic E-state index is -2.50. The quantitative estimate of drug-likeness (QED) is 0.748. The molecule has 2 saturated carbocycles. The average molecular weight is 281 g/mol. The number of carbonyl (C=O) groups excluding carboxylic acids is 1. The van der Waals surface area contributed by atoms with Crippen LogP contribution >= 0.6 is 0 Å². The van der Waals surface area contributed by atoms with E-state index in [-0.39, 0.29) is 18.4 Å². The number of nitrogens with one attached hydrogen (secondary N) is 1. The Bertz CT molecular complexity index is 497. The second kappa shape index (κ2) is 4.24. The van der Waals surface area contributed by atoms with Crippen molar-refractivity contribution in [3.63, 3.8) is 0 Å². The molecule has 0 atom stereocenters. The van der Waals surface area contributed by atoms with E-state index in [0.717, 1.165) is 0 Å².